The van der Waals surface area contributed by atoms with Crippen LogP contribution in [0.1, 0.15) is 19.4 Å². The molecule has 11 heteroatoms. The van der Waals surface area contributed by atoms with Crippen molar-refractivity contribution in [1.82, 2.24) is 14.6 Å². The average Bonchev–Trinajstić information content (AvgIpc) is 3.33. The summed E-state index contributed by atoms with van der Waals surface area (Å²) in [6.45, 7) is 3.69. The summed E-state index contributed by atoms with van der Waals surface area (Å²) in [5, 5.41) is 28.3. The van der Waals surface area contributed by atoms with E-state index in [9.17, 15) is 23.4 Å². The monoisotopic (exact) mass is 532 g/mol. The highest BCUT2D eigenvalue weighted by Gasteiger charge is 2.31. The molecule has 3 rings (SSSR count). The van der Waals surface area contributed by atoms with E-state index in [0.29, 0.717) is 0 Å². The molecule has 0 aliphatic heterocycles. The van der Waals surface area contributed by atoms with Gasteiger partial charge in [0.05, 0.1) is 22.7 Å². The number of amides is 1. The van der Waals surface area contributed by atoms with E-state index < -0.39 is 28.3 Å². The number of nitrogens with one attached hydrogen (secondary N) is 2. The number of hydrogen-bond donors (Lipinski definition) is 4. The number of carboxylic acid groups (broad SMARTS) is 1. The van der Waals surface area contributed by atoms with Crippen molar-refractivity contribution in [2.45, 2.75) is 37.3 Å². The number of anilines is 1. The number of aliphatic hydroxyl groups is 1. The zero-order chi connectivity index (χ0) is 26.3. The Morgan fingerprint density at radius 2 is 1.75 bits per heavy atom. The highest BCUT2D eigenvalue weighted by Crippen LogP contribution is 2.27. The van der Waals surface area contributed by atoms with Crippen molar-refractivity contribution in [3.8, 4) is 11.3 Å². The molecule has 0 aliphatic rings. The molecule has 36 heavy (non-hydrogen) atoms. The van der Waals surface area contributed by atoms with Crippen molar-refractivity contribution in [3.63, 3.8) is 0 Å². The summed E-state index contributed by atoms with van der Waals surface area (Å²) in [6, 6.07) is 14.7. The Morgan fingerprint density at radius 3 is 2.31 bits per heavy atom. The molecule has 0 radical (unpaired) electrons. The van der Waals surface area contributed by atoms with Crippen molar-refractivity contribution >= 4 is 32.6 Å². The van der Waals surface area contributed by atoms with Gasteiger partial charge in [0, 0.05) is 31.1 Å². The van der Waals surface area contributed by atoms with Gasteiger partial charge in [0.25, 0.3) is 0 Å². The molecule has 0 spiro atoms. The molecule has 1 aromatic heterocycles. The highest BCUT2D eigenvalue weighted by atomic mass is 32.2. The molecule has 0 saturated carbocycles. The summed E-state index contributed by atoms with van der Waals surface area (Å²) < 4.78 is 28.3. The number of benzene rings is 2. The molecule has 3 aromatic rings. The fourth-order valence-electron chi connectivity index (χ4n) is 3.79. The van der Waals surface area contributed by atoms with Gasteiger partial charge in [-0.1, -0.05) is 56.3 Å². The lowest BCUT2D eigenvalue weighted by Gasteiger charge is -2.30. The normalized spacial score (nSPS) is 13.5. The number of carbonyl (C=O) groups is 1. The van der Waals surface area contributed by atoms with Crippen LogP contribution in [-0.4, -0.2) is 66.3 Å². The van der Waals surface area contributed by atoms with Crippen LogP contribution in [0, 0.1) is 5.92 Å². The van der Waals surface area contributed by atoms with Gasteiger partial charge in [0.1, 0.15) is 0 Å². The van der Waals surface area contributed by atoms with Crippen LogP contribution in [0.15, 0.2) is 64.9 Å². The van der Waals surface area contributed by atoms with Gasteiger partial charge in [-0.2, -0.15) is 4.31 Å². The Bertz CT molecular complexity index is 1230. The third-order valence-corrected chi connectivity index (χ3v) is 8.24. The summed E-state index contributed by atoms with van der Waals surface area (Å²) in [4.78, 5) is 15.9. The maximum atomic E-state index is 13.6. The molecule has 1 amide bonds. The molecule has 1 heterocycles. The average molecular weight is 533 g/mol. The molecule has 2 aromatic carbocycles. The topological polar surface area (TPSA) is 132 Å². The van der Waals surface area contributed by atoms with Crippen LogP contribution in [0.3, 0.4) is 0 Å². The predicted octanol–water partition coefficient (Wildman–Crippen LogP) is 3.74. The molecular formula is C25H32N4O5S2. The predicted molar refractivity (Wildman–Crippen MR) is 142 cm³/mol. The molecule has 0 fully saturated rings. The zero-order valence-corrected chi connectivity index (χ0v) is 22.1. The van der Waals surface area contributed by atoms with E-state index in [4.69, 9.17) is 0 Å². The molecule has 0 unspecified atom stereocenters. The van der Waals surface area contributed by atoms with E-state index in [1.807, 2.05) is 49.6 Å². The summed E-state index contributed by atoms with van der Waals surface area (Å²) in [7, 11) is -2.17. The number of hydrogen-bond acceptors (Lipinski definition) is 7. The molecule has 194 valence electrons. The SMILES string of the molecule is CNc1nc(-c2ccc(S(=O)(=O)N(CC(C)C)C[C@@H](O)[C@H](Cc3ccccc3)NC(=O)O)cc2)cs1. The lowest BCUT2D eigenvalue weighted by molar-refractivity contribution is 0.0980. The number of rotatable bonds is 12. The number of nitrogens with zero attached hydrogens (tertiary/aromatic N) is 2. The number of thiazole rings is 1. The van der Waals surface area contributed by atoms with Gasteiger partial charge < -0.3 is 20.8 Å². The minimum atomic E-state index is -3.96. The first kappa shape index (κ1) is 27.6. The Kier molecular flexibility index (Phi) is 9.43. The first-order valence-electron chi connectivity index (χ1n) is 11.6. The smallest absolute Gasteiger partial charge is 0.404 e. The Morgan fingerprint density at radius 1 is 1.08 bits per heavy atom. The largest absolute Gasteiger partial charge is 0.465 e. The van der Waals surface area contributed by atoms with Crippen LogP contribution in [0.2, 0.25) is 0 Å². The Hall–Kier alpha value is -2.99. The van der Waals surface area contributed by atoms with E-state index in [1.165, 1.54) is 27.8 Å². The molecule has 9 nitrogen and oxygen atoms in total. The fourth-order valence-corrected chi connectivity index (χ4v) is 6.09. The van der Waals surface area contributed by atoms with Gasteiger partial charge in [-0.05, 0) is 30.0 Å². The van der Waals surface area contributed by atoms with Crippen LogP contribution in [-0.2, 0) is 16.4 Å². The van der Waals surface area contributed by atoms with E-state index in [0.717, 1.165) is 22.0 Å². The third-order valence-electron chi connectivity index (χ3n) is 5.54. The fraction of sp³-hybridized carbons (Fsp3) is 0.360. The number of aliphatic hydroxyl groups excluding tert-OH is 1. The van der Waals surface area contributed by atoms with Gasteiger partial charge in [0.15, 0.2) is 5.13 Å². The Labute approximate surface area is 215 Å². The van der Waals surface area contributed by atoms with E-state index in [2.05, 4.69) is 15.6 Å². The van der Waals surface area contributed by atoms with Gasteiger partial charge >= 0.3 is 6.09 Å². The number of aromatic nitrogens is 1. The minimum Gasteiger partial charge on any atom is -0.465 e. The second-order valence-corrected chi connectivity index (χ2v) is 11.6. The minimum absolute atomic E-state index is 0.0128. The summed E-state index contributed by atoms with van der Waals surface area (Å²) in [5.41, 5.74) is 2.36. The summed E-state index contributed by atoms with van der Waals surface area (Å²) in [5.74, 6) is -0.0128. The molecule has 0 saturated heterocycles. The quantitative estimate of drug-likeness (QED) is 0.279. The van der Waals surface area contributed by atoms with Gasteiger partial charge in [-0.3, -0.25) is 0 Å². The molecule has 0 aliphatic carbocycles. The maximum absolute atomic E-state index is 13.6. The van der Waals surface area contributed by atoms with E-state index >= 15 is 0 Å². The molecule has 2 atom stereocenters. The lowest BCUT2D eigenvalue weighted by Crippen LogP contribution is -2.50. The standard InChI is InChI=1S/C25H32N4O5S2/c1-17(2)14-29(15-23(30)21(28-25(31)32)13-18-7-5-4-6-8-18)36(33,34)20-11-9-19(10-12-20)22-16-35-24(26-3)27-22/h4-12,16-17,21,23,28,30H,13-15H2,1-3H3,(H,26,27)(H,31,32)/t21-,23+/m0/s1. The van der Waals surface area contributed by atoms with Crippen molar-refractivity contribution in [1.29, 1.82) is 0 Å². The van der Waals surface area contributed by atoms with Crippen molar-refractivity contribution < 1.29 is 23.4 Å². The summed E-state index contributed by atoms with van der Waals surface area (Å²) in [6.07, 6.45) is -2.32. The maximum Gasteiger partial charge on any atom is 0.404 e. The van der Waals surface area contributed by atoms with Crippen molar-refractivity contribution in [3.05, 3.63) is 65.5 Å². The van der Waals surface area contributed by atoms with Crippen molar-refractivity contribution in [2.24, 2.45) is 5.92 Å². The van der Waals surface area contributed by atoms with Crippen LogP contribution in [0.4, 0.5) is 9.93 Å². The van der Waals surface area contributed by atoms with Crippen LogP contribution in [0.5, 0.6) is 0 Å². The van der Waals surface area contributed by atoms with E-state index in [-0.39, 0.29) is 30.3 Å². The van der Waals surface area contributed by atoms with Gasteiger partial charge in [-0.25, -0.2) is 18.2 Å². The van der Waals surface area contributed by atoms with E-state index in [1.54, 1.807) is 19.2 Å². The molecule has 4 N–H and O–H groups in total. The molecular weight excluding hydrogens is 500 g/mol. The van der Waals surface area contributed by atoms with Crippen LogP contribution < -0.4 is 10.6 Å². The van der Waals surface area contributed by atoms with Crippen LogP contribution >= 0.6 is 11.3 Å². The Balaban J connectivity index is 1.83. The lowest BCUT2D eigenvalue weighted by atomic mass is 10.0. The second-order valence-electron chi connectivity index (χ2n) is 8.84. The third kappa shape index (κ3) is 7.26. The van der Waals surface area contributed by atoms with Crippen molar-refractivity contribution in [2.75, 3.05) is 25.5 Å². The molecule has 0 bridgehead atoms. The summed E-state index contributed by atoms with van der Waals surface area (Å²) >= 11 is 1.46. The van der Waals surface area contributed by atoms with Crippen LogP contribution in [0.25, 0.3) is 11.3 Å². The first-order valence-corrected chi connectivity index (χ1v) is 13.9. The first-order chi connectivity index (χ1) is 17.1. The van der Waals surface area contributed by atoms with Gasteiger partial charge in [0.2, 0.25) is 10.0 Å². The zero-order valence-electron chi connectivity index (χ0n) is 20.5. The second kappa shape index (κ2) is 12.3. The van der Waals surface area contributed by atoms with Gasteiger partial charge in [-0.15, -0.1) is 11.3 Å². The number of sulfonamides is 1. The highest BCUT2D eigenvalue weighted by molar-refractivity contribution is 7.89.